The lowest BCUT2D eigenvalue weighted by molar-refractivity contribution is -0.132. The number of carbonyl (C=O) groups excluding carboxylic acids is 2. The molecule has 0 aliphatic carbocycles. The van der Waals surface area contributed by atoms with E-state index in [-0.39, 0.29) is 23.8 Å². The average Bonchev–Trinajstić information content (AvgIpc) is 3.56. The van der Waals surface area contributed by atoms with Gasteiger partial charge in [0.25, 0.3) is 11.5 Å². The summed E-state index contributed by atoms with van der Waals surface area (Å²) in [5.74, 6) is 0.258. The number of nitrogens with zero attached hydrogens (tertiary/aromatic N) is 5. The number of aryl methyl sites for hydroxylation is 1. The molecule has 0 saturated carbocycles. The van der Waals surface area contributed by atoms with E-state index in [0.717, 1.165) is 5.69 Å². The van der Waals surface area contributed by atoms with Crippen molar-refractivity contribution in [3.63, 3.8) is 0 Å². The van der Waals surface area contributed by atoms with Gasteiger partial charge in [-0.25, -0.2) is 9.97 Å². The highest BCUT2D eigenvalue weighted by molar-refractivity contribution is 7.15. The number of hydrogen-bond acceptors (Lipinski definition) is 9. The molecule has 4 aromatic rings. The predicted octanol–water partition coefficient (Wildman–Crippen LogP) is 2.25. The van der Waals surface area contributed by atoms with Crippen molar-refractivity contribution < 1.29 is 14.0 Å². The molecule has 0 unspecified atom stereocenters. The molecule has 10 nitrogen and oxygen atoms in total. The van der Waals surface area contributed by atoms with Crippen molar-refractivity contribution in [2.45, 2.75) is 19.9 Å². The summed E-state index contributed by atoms with van der Waals surface area (Å²) in [6.45, 7) is 4.93. The van der Waals surface area contributed by atoms with Crippen LogP contribution in [-0.4, -0.2) is 62.2 Å². The van der Waals surface area contributed by atoms with Crippen LogP contribution >= 0.6 is 22.7 Å². The molecule has 1 fully saturated rings. The molecule has 2 amide bonds. The van der Waals surface area contributed by atoms with Gasteiger partial charge in [-0.2, -0.15) is 0 Å². The molecule has 34 heavy (non-hydrogen) atoms. The van der Waals surface area contributed by atoms with Gasteiger partial charge in [0, 0.05) is 55.7 Å². The average molecular weight is 499 g/mol. The van der Waals surface area contributed by atoms with Crippen molar-refractivity contribution in [3.05, 3.63) is 68.4 Å². The van der Waals surface area contributed by atoms with Crippen molar-refractivity contribution in [1.82, 2.24) is 24.2 Å². The highest BCUT2D eigenvalue weighted by Crippen LogP contribution is 2.19. The van der Waals surface area contributed by atoms with Gasteiger partial charge < -0.3 is 9.32 Å². The molecule has 12 heteroatoms. The first kappa shape index (κ1) is 22.4. The topological polar surface area (TPSA) is 113 Å². The molecule has 1 aliphatic rings. The number of aromatic nitrogens is 3. The Bertz CT molecular complexity index is 1400. The number of hydrogen-bond donors (Lipinski definition) is 1. The molecular weight excluding hydrogens is 476 g/mol. The summed E-state index contributed by atoms with van der Waals surface area (Å²) >= 11 is 2.72. The van der Waals surface area contributed by atoms with E-state index in [1.54, 1.807) is 35.0 Å². The molecule has 5 heterocycles. The van der Waals surface area contributed by atoms with Gasteiger partial charge >= 0.3 is 0 Å². The third-order valence-corrected chi connectivity index (χ3v) is 7.24. The minimum Gasteiger partial charge on any atom is -0.469 e. The molecule has 0 bridgehead atoms. The first-order valence-corrected chi connectivity index (χ1v) is 12.5. The Morgan fingerprint density at radius 1 is 1.15 bits per heavy atom. The van der Waals surface area contributed by atoms with Crippen molar-refractivity contribution in [3.8, 4) is 0 Å². The standard InChI is InChI=1S/C22H22N6O4S2/c1-14-17(2-8-32-14)20(31)25-21-23-16(13-34-21)11-18(29)27-5-3-26(4-6-27)12-15-10-19(30)28-7-9-33-22(28)24-15/h2,7-10,13H,3-6,11-12H2,1H3,(H,23,25,31). The zero-order chi connectivity index (χ0) is 23.7. The lowest BCUT2D eigenvalue weighted by Crippen LogP contribution is -2.48. The zero-order valence-electron chi connectivity index (χ0n) is 18.4. The smallest absolute Gasteiger partial charge is 0.260 e. The summed E-state index contributed by atoms with van der Waals surface area (Å²) in [6.07, 6.45) is 3.38. The summed E-state index contributed by atoms with van der Waals surface area (Å²) in [5, 5.41) is 6.83. The Morgan fingerprint density at radius 3 is 2.74 bits per heavy atom. The number of furan rings is 1. The van der Waals surface area contributed by atoms with Crippen molar-refractivity contribution in [1.29, 1.82) is 0 Å². The maximum Gasteiger partial charge on any atom is 0.260 e. The molecule has 1 saturated heterocycles. The Kier molecular flexibility index (Phi) is 6.26. The first-order chi connectivity index (χ1) is 16.5. The minimum absolute atomic E-state index is 0.00452. The van der Waals surface area contributed by atoms with Crippen molar-refractivity contribution in [2.24, 2.45) is 0 Å². The van der Waals surface area contributed by atoms with Crippen molar-refractivity contribution in [2.75, 3.05) is 31.5 Å². The van der Waals surface area contributed by atoms with Gasteiger partial charge in [0.05, 0.1) is 29.6 Å². The van der Waals surface area contributed by atoms with E-state index in [2.05, 4.69) is 20.2 Å². The number of amides is 2. The van der Waals surface area contributed by atoms with Crippen LogP contribution in [0.3, 0.4) is 0 Å². The third-order valence-electron chi connectivity index (χ3n) is 5.67. The van der Waals surface area contributed by atoms with Crippen LogP contribution in [-0.2, 0) is 17.8 Å². The second kappa shape index (κ2) is 9.49. The zero-order valence-corrected chi connectivity index (χ0v) is 20.0. The van der Waals surface area contributed by atoms with E-state index in [1.165, 1.54) is 28.9 Å². The summed E-state index contributed by atoms with van der Waals surface area (Å²) in [4.78, 5) is 50.9. The molecule has 1 N–H and O–H groups in total. The summed E-state index contributed by atoms with van der Waals surface area (Å²) in [5.41, 5.74) is 1.76. The molecule has 1 aliphatic heterocycles. The molecule has 0 spiro atoms. The number of carbonyl (C=O) groups is 2. The summed E-state index contributed by atoms with van der Waals surface area (Å²) in [7, 11) is 0. The van der Waals surface area contributed by atoms with E-state index in [1.807, 2.05) is 10.3 Å². The number of nitrogens with one attached hydrogen (secondary N) is 1. The third kappa shape index (κ3) is 4.79. The maximum atomic E-state index is 12.8. The van der Waals surface area contributed by atoms with Gasteiger partial charge in [0.15, 0.2) is 10.1 Å². The highest BCUT2D eigenvalue weighted by Gasteiger charge is 2.23. The van der Waals surface area contributed by atoms with Crippen LogP contribution in [0.15, 0.2) is 44.6 Å². The van der Waals surface area contributed by atoms with E-state index < -0.39 is 0 Å². The lowest BCUT2D eigenvalue weighted by Gasteiger charge is -2.34. The van der Waals surface area contributed by atoms with Gasteiger partial charge in [-0.05, 0) is 13.0 Å². The molecular formula is C22H22N6O4S2. The van der Waals surface area contributed by atoms with E-state index in [4.69, 9.17) is 4.42 Å². The number of rotatable bonds is 6. The summed E-state index contributed by atoms with van der Waals surface area (Å²) < 4.78 is 6.70. The van der Waals surface area contributed by atoms with Gasteiger partial charge in [0.1, 0.15) is 5.76 Å². The highest BCUT2D eigenvalue weighted by atomic mass is 32.1. The Morgan fingerprint density at radius 2 is 1.97 bits per heavy atom. The van der Waals surface area contributed by atoms with Crippen LogP contribution < -0.4 is 10.9 Å². The quantitative estimate of drug-likeness (QED) is 0.434. The van der Waals surface area contributed by atoms with Crippen molar-refractivity contribution >= 4 is 44.6 Å². The van der Waals surface area contributed by atoms with Gasteiger partial charge in [-0.3, -0.25) is 29.0 Å². The Labute approximate surface area is 202 Å². The fraction of sp³-hybridized carbons (Fsp3) is 0.318. The number of anilines is 1. The second-order valence-corrected chi connectivity index (χ2v) is 9.69. The maximum absolute atomic E-state index is 12.8. The Hall–Kier alpha value is -3.35. The molecule has 5 rings (SSSR count). The van der Waals surface area contributed by atoms with Gasteiger partial charge in [-0.1, -0.05) is 0 Å². The fourth-order valence-electron chi connectivity index (χ4n) is 3.85. The molecule has 176 valence electrons. The predicted molar refractivity (Wildman–Crippen MR) is 128 cm³/mol. The fourth-order valence-corrected chi connectivity index (χ4v) is 5.29. The van der Waals surface area contributed by atoms with Crippen LogP contribution in [0.4, 0.5) is 5.13 Å². The van der Waals surface area contributed by atoms with Crippen LogP contribution in [0.1, 0.15) is 27.5 Å². The van der Waals surface area contributed by atoms with Crippen LogP contribution in [0.2, 0.25) is 0 Å². The van der Waals surface area contributed by atoms with Gasteiger partial charge in [-0.15, -0.1) is 22.7 Å². The first-order valence-electron chi connectivity index (χ1n) is 10.7. The molecule has 0 radical (unpaired) electrons. The minimum atomic E-state index is -0.287. The number of thiazole rings is 2. The normalized spacial score (nSPS) is 14.6. The van der Waals surface area contributed by atoms with E-state index >= 15 is 0 Å². The SMILES string of the molecule is Cc1occc1C(=O)Nc1nc(CC(=O)N2CCN(Cc3cc(=O)n4ccsc4n3)CC2)cs1. The second-order valence-electron chi connectivity index (χ2n) is 7.96. The van der Waals surface area contributed by atoms with Crippen LogP contribution in [0, 0.1) is 6.92 Å². The van der Waals surface area contributed by atoms with Gasteiger partial charge in [0.2, 0.25) is 5.91 Å². The molecule has 4 aromatic heterocycles. The summed E-state index contributed by atoms with van der Waals surface area (Å²) in [6, 6.07) is 3.18. The molecule has 0 atom stereocenters. The van der Waals surface area contributed by atoms with Crippen LogP contribution in [0.5, 0.6) is 0 Å². The van der Waals surface area contributed by atoms with Crippen LogP contribution in [0.25, 0.3) is 4.96 Å². The molecule has 0 aromatic carbocycles. The van der Waals surface area contributed by atoms with E-state index in [0.29, 0.717) is 59.8 Å². The Balaban J connectivity index is 1.12. The monoisotopic (exact) mass is 498 g/mol. The number of piperazine rings is 1. The largest absolute Gasteiger partial charge is 0.469 e. The van der Waals surface area contributed by atoms with E-state index in [9.17, 15) is 14.4 Å². The number of fused-ring (bicyclic) bond motifs is 1. The lowest BCUT2D eigenvalue weighted by atomic mass is 10.2.